The van der Waals surface area contributed by atoms with Crippen molar-refractivity contribution in [1.82, 2.24) is 15.0 Å². The molecule has 2 saturated heterocycles. The van der Waals surface area contributed by atoms with Crippen molar-refractivity contribution in [3.63, 3.8) is 0 Å². The summed E-state index contributed by atoms with van der Waals surface area (Å²) >= 11 is 0. The zero-order valence-corrected chi connectivity index (χ0v) is 17.6. The molecule has 2 aromatic heterocycles. The summed E-state index contributed by atoms with van der Waals surface area (Å²) in [5, 5.41) is 6.55. The van der Waals surface area contributed by atoms with Gasteiger partial charge in [-0.15, -0.1) is 0 Å². The number of likely N-dealkylation sites (tertiary alicyclic amines) is 1. The summed E-state index contributed by atoms with van der Waals surface area (Å²) in [6, 6.07) is 5.15. The Morgan fingerprint density at radius 3 is 2.69 bits per heavy atom. The Kier molecular flexibility index (Phi) is 5.45. The van der Waals surface area contributed by atoms with Crippen LogP contribution in [-0.2, 0) is 0 Å². The van der Waals surface area contributed by atoms with Crippen molar-refractivity contribution in [2.24, 2.45) is 0 Å². The van der Waals surface area contributed by atoms with E-state index < -0.39 is 6.09 Å². The Morgan fingerprint density at radius 1 is 1.21 bits per heavy atom. The average Bonchev–Trinajstić information content (AvgIpc) is 3.40. The molecule has 0 aromatic carbocycles. The Bertz CT molecular complexity index is 877. The van der Waals surface area contributed by atoms with E-state index in [0.29, 0.717) is 35.0 Å². The van der Waals surface area contributed by atoms with E-state index in [2.05, 4.69) is 27.2 Å². The molecule has 156 valence electrons. The predicted octanol–water partition coefficient (Wildman–Crippen LogP) is 3.67. The molecule has 2 aromatic rings. The summed E-state index contributed by atoms with van der Waals surface area (Å²) in [5.41, 5.74) is 1.93. The molecule has 4 heterocycles. The number of amides is 1. The van der Waals surface area contributed by atoms with Crippen LogP contribution in [0.2, 0.25) is 0 Å². The summed E-state index contributed by atoms with van der Waals surface area (Å²) < 4.78 is 10.4. The van der Waals surface area contributed by atoms with Crippen molar-refractivity contribution in [2.75, 3.05) is 29.9 Å². The third-order valence-corrected chi connectivity index (χ3v) is 6.03. The second-order valence-corrected chi connectivity index (χ2v) is 8.09. The number of hydrogen-bond acceptors (Lipinski definition) is 7. The van der Waals surface area contributed by atoms with Crippen LogP contribution >= 0.6 is 0 Å². The van der Waals surface area contributed by atoms with E-state index in [4.69, 9.17) is 14.2 Å². The largest absolute Gasteiger partial charge is 0.417 e. The van der Waals surface area contributed by atoms with Gasteiger partial charge in [-0.05, 0) is 58.7 Å². The normalized spacial score (nSPS) is 22.3. The smallest absolute Gasteiger partial charge is 0.404 e. The maximum Gasteiger partial charge on any atom is 0.417 e. The summed E-state index contributed by atoms with van der Waals surface area (Å²) in [5.74, 6) is 1.78. The maximum atomic E-state index is 12.3. The third kappa shape index (κ3) is 4.07. The number of pyridine rings is 1. The molecule has 1 amide bonds. The number of aryl methyl sites for hydroxylation is 3. The van der Waals surface area contributed by atoms with Crippen LogP contribution in [0.4, 0.5) is 16.3 Å². The van der Waals surface area contributed by atoms with Gasteiger partial charge in [0, 0.05) is 32.1 Å². The summed E-state index contributed by atoms with van der Waals surface area (Å²) in [6.45, 7) is 10.9. The van der Waals surface area contributed by atoms with E-state index in [-0.39, 0.29) is 0 Å². The molecule has 29 heavy (non-hydrogen) atoms. The average molecular weight is 399 g/mol. The molecule has 0 radical (unpaired) electrons. The predicted molar refractivity (Wildman–Crippen MR) is 111 cm³/mol. The number of carbonyl (C=O) groups excluding carboxylic acids is 1. The van der Waals surface area contributed by atoms with E-state index in [0.717, 1.165) is 24.6 Å². The van der Waals surface area contributed by atoms with Gasteiger partial charge in [0.2, 0.25) is 0 Å². The van der Waals surface area contributed by atoms with Crippen LogP contribution in [0.15, 0.2) is 16.7 Å². The summed E-state index contributed by atoms with van der Waals surface area (Å²) in [4.78, 5) is 22.0. The first-order valence-electron chi connectivity index (χ1n) is 10.3. The minimum absolute atomic E-state index is 0.351. The number of ether oxygens (including phenoxy) is 1. The molecule has 0 bridgehead atoms. The lowest BCUT2D eigenvalue weighted by Crippen LogP contribution is -2.39. The molecule has 0 spiro atoms. The molecular formula is C21H29N5O3. The van der Waals surface area contributed by atoms with Gasteiger partial charge in [-0.3, -0.25) is 10.2 Å². The van der Waals surface area contributed by atoms with Crippen LogP contribution in [0.5, 0.6) is 5.75 Å². The molecule has 2 fully saturated rings. The van der Waals surface area contributed by atoms with E-state index >= 15 is 0 Å². The number of aromatic nitrogens is 2. The van der Waals surface area contributed by atoms with Crippen molar-refractivity contribution in [3.8, 4) is 5.75 Å². The van der Waals surface area contributed by atoms with Gasteiger partial charge >= 0.3 is 6.09 Å². The van der Waals surface area contributed by atoms with Crippen LogP contribution in [0, 0.1) is 20.8 Å². The number of nitrogens with zero attached hydrogens (tertiary/aromatic N) is 4. The molecule has 0 saturated carbocycles. The van der Waals surface area contributed by atoms with Crippen molar-refractivity contribution in [3.05, 3.63) is 29.3 Å². The quantitative estimate of drug-likeness (QED) is 0.840. The SMILES string of the molecule is Cc1nc(N2CC[C@@H](N3CCC[C@@H]3C)C2)ccc1NC(=O)Oc1c(C)noc1C. The van der Waals surface area contributed by atoms with Crippen LogP contribution < -0.4 is 15.0 Å². The molecule has 4 rings (SSSR count). The minimum Gasteiger partial charge on any atom is -0.404 e. The fourth-order valence-electron chi connectivity index (χ4n) is 4.42. The molecule has 2 aliphatic heterocycles. The zero-order valence-electron chi connectivity index (χ0n) is 17.6. The Balaban J connectivity index is 1.38. The Hall–Kier alpha value is -2.61. The van der Waals surface area contributed by atoms with Crippen LogP contribution in [0.1, 0.15) is 43.3 Å². The number of anilines is 2. The van der Waals surface area contributed by atoms with Crippen molar-refractivity contribution < 1.29 is 14.1 Å². The first-order chi connectivity index (χ1) is 13.9. The topological polar surface area (TPSA) is 83.7 Å². The van der Waals surface area contributed by atoms with Gasteiger partial charge in [0.1, 0.15) is 11.5 Å². The molecule has 0 aliphatic carbocycles. The maximum absolute atomic E-state index is 12.3. The third-order valence-electron chi connectivity index (χ3n) is 6.03. The first-order valence-corrected chi connectivity index (χ1v) is 10.3. The molecule has 1 N–H and O–H groups in total. The van der Waals surface area contributed by atoms with Crippen LogP contribution in [-0.4, -0.2) is 52.9 Å². The number of carbonyl (C=O) groups is 1. The highest BCUT2D eigenvalue weighted by molar-refractivity contribution is 5.87. The van der Waals surface area contributed by atoms with Crippen molar-refractivity contribution in [1.29, 1.82) is 0 Å². The molecule has 0 unspecified atom stereocenters. The van der Waals surface area contributed by atoms with Crippen LogP contribution in [0.25, 0.3) is 0 Å². The van der Waals surface area contributed by atoms with E-state index in [1.54, 1.807) is 13.8 Å². The van der Waals surface area contributed by atoms with Gasteiger partial charge in [0.25, 0.3) is 0 Å². The number of rotatable bonds is 4. The van der Waals surface area contributed by atoms with Gasteiger partial charge in [-0.2, -0.15) is 0 Å². The zero-order chi connectivity index (χ0) is 20.5. The lowest BCUT2D eigenvalue weighted by Gasteiger charge is -2.28. The molecular weight excluding hydrogens is 370 g/mol. The molecule has 8 nitrogen and oxygen atoms in total. The van der Waals surface area contributed by atoms with E-state index in [1.807, 2.05) is 19.1 Å². The lowest BCUT2D eigenvalue weighted by atomic mass is 10.2. The standard InChI is InChI=1S/C21H29N5O3/c1-13-6-5-10-26(13)17-9-11-25(12-17)19-8-7-18(14(2)22-19)23-21(27)28-20-15(3)24-29-16(20)4/h7-8,13,17H,5-6,9-12H2,1-4H3,(H,23,27)/t13-,17+/m0/s1. The molecule has 2 atom stereocenters. The number of hydrogen-bond donors (Lipinski definition) is 1. The van der Waals surface area contributed by atoms with E-state index in [9.17, 15) is 4.79 Å². The van der Waals surface area contributed by atoms with Crippen LogP contribution in [0.3, 0.4) is 0 Å². The molecule has 8 heteroatoms. The summed E-state index contributed by atoms with van der Waals surface area (Å²) in [7, 11) is 0. The number of nitrogens with one attached hydrogen (secondary N) is 1. The Labute approximate surface area is 171 Å². The second-order valence-electron chi connectivity index (χ2n) is 8.09. The van der Waals surface area contributed by atoms with Gasteiger partial charge in [0.05, 0.1) is 11.4 Å². The minimum atomic E-state index is -0.582. The fraction of sp³-hybridized carbons (Fsp3) is 0.571. The highest BCUT2D eigenvalue weighted by atomic mass is 16.6. The second kappa shape index (κ2) is 8.02. The molecule has 2 aliphatic rings. The first kappa shape index (κ1) is 19.7. The van der Waals surface area contributed by atoms with Gasteiger partial charge < -0.3 is 14.2 Å². The van der Waals surface area contributed by atoms with Gasteiger partial charge in [-0.1, -0.05) is 5.16 Å². The Morgan fingerprint density at radius 2 is 2.03 bits per heavy atom. The van der Waals surface area contributed by atoms with E-state index in [1.165, 1.54) is 25.8 Å². The monoisotopic (exact) mass is 399 g/mol. The van der Waals surface area contributed by atoms with Gasteiger partial charge in [-0.25, -0.2) is 9.78 Å². The van der Waals surface area contributed by atoms with Crippen molar-refractivity contribution in [2.45, 2.75) is 59.0 Å². The fourth-order valence-corrected chi connectivity index (χ4v) is 4.42. The lowest BCUT2D eigenvalue weighted by molar-refractivity contribution is 0.204. The highest BCUT2D eigenvalue weighted by Crippen LogP contribution is 2.29. The summed E-state index contributed by atoms with van der Waals surface area (Å²) in [6.07, 6.45) is 3.20. The highest BCUT2D eigenvalue weighted by Gasteiger charge is 2.33. The van der Waals surface area contributed by atoms with Crippen molar-refractivity contribution >= 4 is 17.6 Å². The van der Waals surface area contributed by atoms with Gasteiger partial charge in [0.15, 0.2) is 11.5 Å².